The molecule has 0 amide bonds. The number of aromatic nitrogens is 1. The van der Waals surface area contributed by atoms with Crippen molar-refractivity contribution in [3.8, 4) is 16.8 Å². The van der Waals surface area contributed by atoms with Gasteiger partial charge in [0.05, 0.1) is 28.1 Å². The fourth-order valence-corrected chi connectivity index (χ4v) is 7.76. The van der Waals surface area contributed by atoms with E-state index in [0.717, 1.165) is 72.3 Å². The van der Waals surface area contributed by atoms with Gasteiger partial charge in [-0.25, -0.2) is 4.99 Å². The third-order valence-electron chi connectivity index (χ3n) is 10.2. The van der Waals surface area contributed by atoms with Crippen LogP contribution in [0.3, 0.4) is 0 Å². The molecule has 0 saturated heterocycles. The molecular weight excluding hydrogens is 621 g/mol. The third-order valence-corrected chi connectivity index (χ3v) is 10.2. The molecule has 0 spiro atoms. The molecule has 0 saturated carbocycles. The van der Waals surface area contributed by atoms with Gasteiger partial charge in [-0.3, -0.25) is 0 Å². The van der Waals surface area contributed by atoms with Crippen LogP contribution in [0.5, 0.6) is 0 Å². The number of para-hydroxylation sites is 2. The molecule has 3 heteroatoms. The van der Waals surface area contributed by atoms with Crippen molar-refractivity contribution < 1.29 is 4.42 Å². The van der Waals surface area contributed by atoms with Crippen LogP contribution in [0, 0.1) is 0 Å². The summed E-state index contributed by atoms with van der Waals surface area (Å²) < 4.78 is 9.24. The third kappa shape index (κ3) is 4.78. The van der Waals surface area contributed by atoms with Gasteiger partial charge in [-0.1, -0.05) is 146 Å². The highest BCUT2D eigenvalue weighted by Crippen LogP contribution is 2.42. The summed E-state index contributed by atoms with van der Waals surface area (Å²) in [6.07, 6.45) is 2.24. The van der Waals surface area contributed by atoms with E-state index >= 15 is 0 Å². The number of rotatable bonds is 5. The minimum Gasteiger partial charge on any atom is -0.454 e. The summed E-state index contributed by atoms with van der Waals surface area (Å²) in [4.78, 5) is 5.14. The minimum atomic E-state index is -0.0684. The molecule has 1 aliphatic rings. The normalized spacial score (nSPS) is 14.7. The number of hydrogen-bond acceptors (Lipinski definition) is 2. The Hall–Kier alpha value is -6.71. The number of hydrogen-bond donors (Lipinski definition) is 0. The quantitative estimate of drug-likeness (QED) is 0.182. The molecule has 3 heterocycles. The number of allylic oxidation sites excluding steroid dienone is 2. The van der Waals surface area contributed by atoms with Crippen LogP contribution in [0.25, 0.3) is 66.3 Å². The second kappa shape index (κ2) is 11.7. The molecule has 0 radical (unpaired) electrons. The molecule has 2 aromatic heterocycles. The van der Waals surface area contributed by atoms with Crippen LogP contribution in [0.2, 0.25) is 0 Å². The Morgan fingerprint density at radius 3 is 1.96 bits per heavy atom. The topological polar surface area (TPSA) is 30.4 Å². The van der Waals surface area contributed by atoms with Gasteiger partial charge < -0.3 is 8.98 Å². The van der Waals surface area contributed by atoms with Crippen molar-refractivity contribution in [2.24, 2.45) is 4.99 Å². The fraction of sp³-hybridized carbons (Fsp3) is 0.0208. The smallest absolute Gasteiger partial charge is 0.159 e. The van der Waals surface area contributed by atoms with E-state index in [4.69, 9.17) is 9.41 Å². The summed E-state index contributed by atoms with van der Waals surface area (Å²) in [7, 11) is 0. The van der Waals surface area contributed by atoms with E-state index in [-0.39, 0.29) is 5.92 Å². The molecule has 0 N–H and O–H groups in total. The average molecular weight is 653 g/mol. The Bertz CT molecular complexity index is 2860. The first-order valence-corrected chi connectivity index (χ1v) is 17.4. The van der Waals surface area contributed by atoms with E-state index in [1.165, 1.54) is 21.9 Å². The first kappa shape index (κ1) is 29.2. The average Bonchev–Trinajstić information content (AvgIpc) is 3.74. The molecule has 9 aromatic rings. The van der Waals surface area contributed by atoms with Gasteiger partial charge >= 0.3 is 0 Å². The SMILES string of the molecule is C=C1C(c2ccccc2)=NC(c2ccccc2)=C[C@@H]1c1ccc2c(c1)oc1c(-n3c4ccccc4c4cc(-c5ccccc5)ccc43)cccc12. The van der Waals surface area contributed by atoms with Crippen LogP contribution in [0.1, 0.15) is 22.6 Å². The first-order chi connectivity index (χ1) is 25.2. The maximum atomic E-state index is 6.89. The van der Waals surface area contributed by atoms with E-state index < -0.39 is 0 Å². The predicted octanol–water partition coefficient (Wildman–Crippen LogP) is 12.5. The molecule has 7 aromatic carbocycles. The summed E-state index contributed by atoms with van der Waals surface area (Å²) in [6, 6.07) is 59.8. The highest BCUT2D eigenvalue weighted by Gasteiger charge is 2.26. The Labute approximate surface area is 295 Å². The Kier molecular flexibility index (Phi) is 6.71. The minimum absolute atomic E-state index is 0.0684. The molecular formula is C48H32N2O. The Morgan fingerprint density at radius 1 is 0.510 bits per heavy atom. The summed E-state index contributed by atoms with van der Waals surface area (Å²) in [5, 5.41) is 4.62. The predicted molar refractivity (Wildman–Crippen MR) is 213 cm³/mol. The first-order valence-electron chi connectivity index (χ1n) is 17.4. The number of nitrogens with zero attached hydrogens (tertiary/aromatic N) is 2. The lowest BCUT2D eigenvalue weighted by Gasteiger charge is -2.24. The lowest BCUT2D eigenvalue weighted by molar-refractivity contribution is 0.665. The molecule has 1 atom stereocenters. The van der Waals surface area contributed by atoms with Gasteiger partial charge in [0.2, 0.25) is 0 Å². The zero-order chi connectivity index (χ0) is 33.9. The summed E-state index contributed by atoms with van der Waals surface area (Å²) >= 11 is 0. The highest BCUT2D eigenvalue weighted by atomic mass is 16.3. The van der Waals surface area contributed by atoms with Gasteiger partial charge in [0.15, 0.2) is 5.58 Å². The maximum Gasteiger partial charge on any atom is 0.159 e. The van der Waals surface area contributed by atoms with Crippen molar-refractivity contribution in [1.82, 2.24) is 4.57 Å². The second-order valence-electron chi connectivity index (χ2n) is 13.2. The molecule has 0 bridgehead atoms. The highest BCUT2D eigenvalue weighted by molar-refractivity contribution is 6.17. The van der Waals surface area contributed by atoms with Crippen molar-refractivity contribution in [2.45, 2.75) is 5.92 Å². The molecule has 0 aliphatic carbocycles. The fourth-order valence-electron chi connectivity index (χ4n) is 7.76. The summed E-state index contributed by atoms with van der Waals surface area (Å²) in [6.45, 7) is 4.60. The lowest BCUT2D eigenvalue weighted by atomic mass is 9.83. The van der Waals surface area contributed by atoms with E-state index in [1.54, 1.807) is 0 Å². The Balaban J connectivity index is 1.13. The van der Waals surface area contributed by atoms with E-state index in [9.17, 15) is 0 Å². The second-order valence-corrected chi connectivity index (χ2v) is 13.2. The van der Waals surface area contributed by atoms with Crippen molar-refractivity contribution in [1.29, 1.82) is 0 Å². The number of furan rings is 1. The van der Waals surface area contributed by atoms with Crippen LogP contribution in [0.4, 0.5) is 0 Å². The number of aliphatic imine (C=N–C) groups is 1. The molecule has 51 heavy (non-hydrogen) atoms. The molecule has 3 nitrogen and oxygen atoms in total. The van der Waals surface area contributed by atoms with Gasteiger partial charge in [-0.05, 0) is 64.2 Å². The monoisotopic (exact) mass is 652 g/mol. The molecule has 0 fully saturated rings. The zero-order valence-electron chi connectivity index (χ0n) is 27.8. The van der Waals surface area contributed by atoms with E-state index in [2.05, 4.69) is 175 Å². The summed E-state index contributed by atoms with van der Waals surface area (Å²) in [5.74, 6) is -0.0684. The van der Waals surface area contributed by atoms with Gasteiger partial charge in [0.1, 0.15) is 5.58 Å². The van der Waals surface area contributed by atoms with Crippen molar-refractivity contribution in [3.63, 3.8) is 0 Å². The van der Waals surface area contributed by atoms with Gasteiger partial charge in [0.25, 0.3) is 0 Å². The van der Waals surface area contributed by atoms with E-state index in [1.807, 2.05) is 12.1 Å². The molecule has 1 aliphatic heterocycles. The Morgan fingerprint density at radius 2 is 1.18 bits per heavy atom. The zero-order valence-corrected chi connectivity index (χ0v) is 27.8. The van der Waals surface area contributed by atoms with Crippen LogP contribution in [-0.4, -0.2) is 10.3 Å². The molecule has 240 valence electrons. The molecule has 0 unspecified atom stereocenters. The standard InChI is InChI=1S/C48H32N2O/c1-31-40(30-42(33-16-7-3-8-17-33)49-47(31)34-18-9-4-10-19-34)36-24-26-38-39-21-13-23-45(48(39)51-46(38)29-36)50-43-22-12-11-20-37(43)41-28-35(25-27-44(41)50)32-14-5-2-6-15-32/h2-30,40H,1H2/t40-/m0/s1. The van der Waals surface area contributed by atoms with Gasteiger partial charge in [-0.15, -0.1) is 0 Å². The van der Waals surface area contributed by atoms with E-state index in [0.29, 0.717) is 0 Å². The van der Waals surface area contributed by atoms with Crippen molar-refractivity contribution in [3.05, 3.63) is 205 Å². The van der Waals surface area contributed by atoms with Crippen LogP contribution < -0.4 is 0 Å². The largest absolute Gasteiger partial charge is 0.454 e. The maximum absolute atomic E-state index is 6.89. The van der Waals surface area contributed by atoms with Crippen LogP contribution in [-0.2, 0) is 0 Å². The van der Waals surface area contributed by atoms with Crippen molar-refractivity contribution >= 4 is 55.2 Å². The van der Waals surface area contributed by atoms with Gasteiger partial charge in [-0.2, -0.15) is 0 Å². The van der Waals surface area contributed by atoms with Crippen molar-refractivity contribution in [2.75, 3.05) is 0 Å². The summed E-state index contributed by atoms with van der Waals surface area (Å²) in [5.41, 5.74) is 13.5. The number of benzene rings is 7. The van der Waals surface area contributed by atoms with Crippen LogP contribution in [0.15, 0.2) is 197 Å². The lowest BCUT2D eigenvalue weighted by Crippen LogP contribution is -2.15. The van der Waals surface area contributed by atoms with Crippen LogP contribution >= 0.6 is 0 Å². The molecule has 10 rings (SSSR count). The number of fused-ring (bicyclic) bond motifs is 6. The van der Waals surface area contributed by atoms with Gasteiger partial charge in [0, 0.05) is 33.0 Å².